The van der Waals surface area contributed by atoms with Gasteiger partial charge in [-0.1, -0.05) is 25.2 Å². The Hall–Kier alpha value is -1.49. The molecular formula is C14H19FN2OS. The summed E-state index contributed by atoms with van der Waals surface area (Å²) in [6, 6.07) is 4.22. The summed E-state index contributed by atoms with van der Waals surface area (Å²) in [5.41, 5.74) is 6.71. The Bertz CT molecular complexity index is 490. The van der Waals surface area contributed by atoms with E-state index in [-0.39, 0.29) is 11.8 Å². The number of aryl methyl sites for hydroxylation is 1. The normalized spacial score (nSPS) is 12.0. The molecule has 0 aromatic heterocycles. The van der Waals surface area contributed by atoms with Crippen molar-refractivity contribution in [2.45, 2.75) is 20.8 Å². The smallest absolute Gasteiger partial charge is 0.254 e. The van der Waals surface area contributed by atoms with Crippen LogP contribution in [-0.2, 0) is 0 Å². The maximum Gasteiger partial charge on any atom is 0.254 e. The van der Waals surface area contributed by atoms with Crippen LogP contribution in [0.2, 0.25) is 0 Å². The van der Waals surface area contributed by atoms with E-state index in [9.17, 15) is 9.18 Å². The zero-order valence-electron chi connectivity index (χ0n) is 11.4. The number of thiocarbonyl (C=S) groups is 1. The Labute approximate surface area is 118 Å². The maximum absolute atomic E-state index is 13.3. The Morgan fingerprint density at radius 3 is 2.68 bits per heavy atom. The number of nitrogens with zero attached hydrogens (tertiary/aromatic N) is 1. The van der Waals surface area contributed by atoms with Crippen molar-refractivity contribution >= 4 is 23.1 Å². The van der Waals surface area contributed by atoms with Gasteiger partial charge in [0.25, 0.3) is 5.91 Å². The van der Waals surface area contributed by atoms with Crippen LogP contribution in [0.25, 0.3) is 0 Å². The number of amides is 1. The molecule has 0 aliphatic heterocycles. The van der Waals surface area contributed by atoms with Gasteiger partial charge in [-0.25, -0.2) is 4.39 Å². The van der Waals surface area contributed by atoms with E-state index in [1.54, 1.807) is 17.9 Å². The predicted molar refractivity (Wildman–Crippen MR) is 78.7 cm³/mol. The fraction of sp³-hybridized carbons (Fsp3) is 0.429. The van der Waals surface area contributed by atoms with E-state index in [0.717, 1.165) is 5.56 Å². The number of halogens is 1. The molecule has 0 aliphatic carbocycles. The molecule has 104 valence electrons. The fourth-order valence-electron chi connectivity index (χ4n) is 1.77. The van der Waals surface area contributed by atoms with E-state index in [2.05, 4.69) is 0 Å². The third-order valence-electron chi connectivity index (χ3n) is 3.08. The van der Waals surface area contributed by atoms with Crippen LogP contribution in [0.3, 0.4) is 0 Å². The molecule has 1 rings (SSSR count). The summed E-state index contributed by atoms with van der Waals surface area (Å²) in [5, 5.41) is 0. The first-order valence-corrected chi connectivity index (χ1v) is 6.62. The number of nitrogens with two attached hydrogens (primary N) is 1. The van der Waals surface area contributed by atoms with Crippen molar-refractivity contribution in [2.24, 2.45) is 11.7 Å². The number of carbonyl (C=O) groups excluding carboxylic acids is 1. The fourth-order valence-corrected chi connectivity index (χ4v) is 1.85. The highest BCUT2D eigenvalue weighted by Crippen LogP contribution is 2.14. The first-order chi connectivity index (χ1) is 8.86. The molecular weight excluding hydrogens is 263 g/mol. The molecule has 0 radical (unpaired) electrons. The minimum Gasteiger partial charge on any atom is -0.393 e. The molecule has 1 amide bonds. The molecule has 1 atom stereocenters. The average Bonchev–Trinajstić information content (AvgIpc) is 2.37. The SMILES string of the molecule is CCN(CC(C)C(N)=S)C(=O)c1cc(F)ccc1C. The molecule has 0 heterocycles. The molecule has 19 heavy (non-hydrogen) atoms. The summed E-state index contributed by atoms with van der Waals surface area (Å²) in [6.45, 7) is 6.51. The quantitative estimate of drug-likeness (QED) is 0.844. The molecule has 0 spiro atoms. The van der Waals surface area contributed by atoms with Crippen molar-refractivity contribution in [2.75, 3.05) is 13.1 Å². The van der Waals surface area contributed by atoms with Gasteiger partial charge in [0.1, 0.15) is 5.82 Å². The minimum atomic E-state index is -0.410. The zero-order valence-corrected chi connectivity index (χ0v) is 12.3. The standard InChI is InChI=1S/C14H19FN2OS/c1-4-17(8-10(3)13(16)19)14(18)12-7-11(15)6-5-9(12)2/h5-7,10H,4,8H2,1-3H3,(H2,16,19). The molecule has 0 bridgehead atoms. The molecule has 2 N–H and O–H groups in total. The molecule has 0 saturated heterocycles. The highest BCUT2D eigenvalue weighted by atomic mass is 32.1. The summed E-state index contributed by atoms with van der Waals surface area (Å²) in [5.74, 6) is -0.664. The van der Waals surface area contributed by atoms with Crippen molar-refractivity contribution < 1.29 is 9.18 Å². The second-order valence-corrected chi connectivity index (χ2v) is 5.08. The average molecular weight is 282 g/mol. The van der Waals surface area contributed by atoms with Gasteiger partial charge in [-0.3, -0.25) is 4.79 Å². The van der Waals surface area contributed by atoms with E-state index < -0.39 is 5.82 Å². The van der Waals surface area contributed by atoms with Gasteiger partial charge in [-0.2, -0.15) is 0 Å². The van der Waals surface area contributed by atoms with Gasteiger partial charge in [0.05, 0.1) is 4.99 Å². The van der Waals surface area contributed by atoms with Crippen LogP contribution in [0.4, 0.5) is 4.39 Å². The van der Waals surface area contributed by atoms with Crippen molar-refractivity contribution in [3.05, 3.63) is 35.1 Å². The Morgan fingerprint density at radius 1 is 1.53 bits per heavy atom. The summed E-state index contributed by atoms with van der Waals surface area (Å²) in [4.78, 5) is 14.4. The van der Waals surface area contributed by atoms with Crippen LogP contribution < -0.4 is 5.73 Å². The Kier molecular flexibility index (Phi) is 5.42. The van der Waals surface area contributed by atoms with Gasteiger partial charge in [0, 0.05) is 24.6 Å². The monoisotopic (exact) mass is 282 g/mol. The maximum atomic E-state index is 13.3. The summed E-state index contributed by atoms with van der Waals surface area (Å²) < 4.78 is 13.3. The van der Waals surface area contributed by atoms with Crippen molar-refractivity contribution in [3.63, 3.8) is 0 Å². The minimum absolute atomic E-state index is 0.0623. The molecule has 5 heteroatoms. The Morgan fingerprint density at radius 2 is 2.16 bits per heavy atom. The van der Waals surface area contributed by atoms with Crippen LogP contribution in [0, 0.1) is 18.7 Å². The molecule has 0 saturated carbocycles. The van der Waals surface area contributed by atoms with Crippen LogP contribution in [0.1, 0.15) is 29.8 Å². The second kappa shape index (κ2) is 6.61. The van der Waals surface area contributed by atoms with E-state index in [0.29, 0.717) is 23.6 Å². The van der Waals surface area contributed by atoms with Gasteiger partial charge in [0.15, 0.2) is 0 Å². The van der Waals surface area contributed by atoms with Crippen molar-refractivity contribution in [3.8, 4) is 0 Å². The largest absolute Gasteiger partial charge is 0.393 e. The van der Waals surface area contributed by atoms with Gasteiger partial charge in [0.2, 0.25) is 0 Å². The lowest BCUT2D eigenvalue weighted by Crippen LogP contribution is -2.38. The molecule has 1 aromatic rings. The third kappa shape index (κ3) is 3.99. The highest BCUT2D eigenvalue weighted by molar-refractivity contribution is 7.80. The van der Waals surface area contributed by atoms with E-state index in [4.69, 9.17) is 18.0 Å². The van der Waals surface area contributed by atoms with Gasteiger partial charge >= 0.3 is 0 Å². The first kappa shape index (κ1) is 15.6. The van der Waals surface area contributed by atoms with Gasteiger partial charge in [-0.15, -0.1) is 0 Å². The number of benzene rings is 1. The first-order valence-electron chi connectivity index (χ1n) is 6.21. The number of hydrogen-bond donors (Lipinski definition) is 1. The summed E-state index contributed by atoms with van der Waals surface area (Å²) in [7, 11) is 0. The van der Waals surface area contributed by atoms with Gasteiger partial charge < -0.3 is 10.6 Å². The predicted octanol–water partition coefficient (Wildman–Crippen LogP) is 2.52. The molecule has 1 unspecified atom stereocenters. The Balaban J connectivity index is 2.95. The number of rotatable bonds is 5. The van der Waals surface area contributed by atoms with Crippen LogP contribution in [-0.4, -0.2) is 28.9 Å². The lowest BCUT2D eigenvalue weighted by Gasteiger charge is -2.24. The van der Waals surface area contributed by atoms with Crippen LogP contribution in [0.5, 0.6) is 0 Å². The molecule has 3 nitrogen and oxygen atoms in total. The molecule has 0 fully saturated rings. The molecule has 0 aliphatic rings. The summed E-state index contributed by atoms with van der Waals surface area (Å²) >= 11 is 4.91. The van der Waals surface area contributed by atoms with E-state index in [1.165, 1.54) is 12.1 Å². The third-order valence-corrected chi connectivity index (χ3v) is 3.48. The lowest BCUT2D eigenvalue weighted by molar-refractivity contribution is 0.0753. The van der Waals surface area contributed by atoms with Gasteiger partial charge in [-0.05, 0) is 31.5 Å². The highest BCUT2D eigenvalue weighted by Gasteiger charge is 2.19. The van der Waals surface area contributed by atoms with E-state index in [1.807, 2.05) is 13.8 Å². The summed E-state index contributed by atoms with van der Waals surface area (Å²) in [6.07, 6.45) is 0. The number of carbonyl (C=O) groups is 1. The topological polar surface area (TPSA) is 46.3 Å². The van der Waals surface area contributed by atoms with E-state index >= 15 is 0 Å². The zero-order chi connectivity index (χ0) is 14.6. The molecule has 1 aromatic carbocycles. The van der Waals surface area contributed by atoms with Crippen LogP contribution >= 0.6 is 12.2 Å². The second-order valence-electron chi connectivity index (χ2n) is 4.61. The lowest BCUT2D eigenvalue weighted by atomic mass is 10.1. The number of hydrogen-bond acceptors (Lipinski definition) is 2. The van der Waals surface area contributed by atoms with Crippen molar-refractivity contribution in [1.82, 2.24) is 4.90 Å². The van der Waals surface area contributed by atoms with Crippen LogP contribution in [0.15, 0.2) is 18.2 Å². The van der Waals surface area contributed by atoms with Crippen molar-refractivity contribution in [1.29, 1.82) is 0 Å².